The summed E-state index contributed by atoms with van der Waals surface area (Å²) >= 11 is 0. The van der Waals surface area contributed by atoms with Gasteiger partial charge in [0.25, 0.3) is 5.91 Å². The molecule has 6 heteroatoms. The smallest absolute Gasteiger partial charge is 0.289 e. The average Bonchev–Trinajstić information content (AvgIpc) is 3.22. The minimum atomic E-state index is -1.09. The average molecular weight is 313 g/mol. The first-order chi connectivity index (χ1) is 10.9. The van der Waals surface area contributed by atoms with Crippen molar-refractivity contribution in [3.8, 4) is 11.8 Å². The number of amides is 1. The van der Waals surface area contributed by atoms with E-state index in [0.717, 1.165) is 6.42 Å². The van der Waals surface area contributed by atoms with Crippen LogP contribution < -0.4 is 0 Å². The summed E-state index contributed by atoms with van der Waals surface area (Å²) in [6.07, 6.45) is 6.32. The van der Waals surface area contributed by atoms with Crippen LogP contribution in [0.25, 0.3) is 0 Å². The van der Waals surface area contributed by atoms with Gasteiger partial charge in [-0.3, -0.25) is 4.79 Å². The number of rotatable bonds is 2. The lowest BCUT2D eigenvalue weighted by molar-refractivity contribution is 0.0755. The zero-order valence-electron chi connectivity index (χ0n) is 13.2. The predicted molar refractivity (Wildman–Crippen MR) is 83.7 cm³/mol. The largest absolute Gasteiger partial charge is 0.443 e. The highest BCUT2D eigenvalue weighted by molar-refractivity contribution is 5.91. The molecule has 1 aliphatic rings. The third kappa shape index (κ3) is 3.63. The third-order valence-electron chi connectivity index (χ3n) is 3.71. The van der Waals surface area contributed by atoms with Crippen LogP contribution in [0.4, 0.5) is 0 Å². The summed E-state index contributed by atoms with van der Waals surface area (Å²) in [6, 6.07) is 3.53. The molecule has 6 nitrogen and oxygen atoms in total. The van der Waals surface area contributed by atoms with Crippen molar-refractivity contribution < 1.29 is 14.3 Å². The molecule has 0 radical (unpaired) electrons. The Kier molecular flexibility index (Phi) is 3.97. The molecule has 0 aliphatic carbocycles. The molecule has 1 atom stereocenters. The van der Waals surface area contributed by atoms with Gasteiger partial charge in [-0.1, -0.05) is 5.92 Å². The second-order valence-corrected chi connectivity index (χ2v) is 6.18. The molecule has 1 aliphatic heterocycles. The van der Waals surface area contributed by atoms with Gasteiger partial charge in [0.1, 0.15) is 5.60 Å². The van der Waals surface area contributed by atoms with E-state index in [1.807, 2.05) is 10.8 Å². The van der Waals surface area contributed by atoms with E-state index in [9.17, 15) is 9.90 Å². The Balaban J connectivity index is 1.67. The molecule has 1 fully saturated rings. The summed E-state index contributed by atoms with van der Waals surface area (Å²) in [5, 5.41) is 9.59. The first kappa shape index (κ1) is 15.4. The normalized spacial score (nSPS) is 17.9. The fourth-order valence-electron chi connectivity index (χ4n) is 2.55. The quantitative estimate of drug-likeness (QED) is 0.856. The third-order valence-corrected chi connectivity index (χ3v) is 3.71. The monoisotopic (exact) mass is 313 g/mol. The Labute approximate surface area is 134 Å². The van der Waals surface area contributed by atoms with Crippen LogP contribution in [0.2, 0.25) is 0 Å². The number of hydrogen-bond acceptors (Lipinski definition) is 4. The van der Waals surface area contributed by atoms with Gasteiger partial charge in [-0.15, -0.1) is 0 Å². The van der Waals surface area contributed by atoms with Gasteiger partial charge in [-0.2, -0.15) is 0 Å². The maximum atomic E-state index is 12.5. The maximum absolute atomic E-state index is 12.5. The Bertz CT molecular complexity index is 744. The van der Waals surface area contributed by atoms with E-state index in [4.69, 9.17) is 4.42 Å². The maximum Gasteiger partial charge on any atom is 0.289 e. The summed E-state index contributed by atoms with van der Waals surface area (Å²) in [5.74, 6) is 5.91. The molecule has 2 aromatic rings. The van der Waals surface area contributed by atoms with Crippen molar-refractivity contribution in [1.82, 2.24) is 14.5 Å². The molecule has 120 valence electrons. The molecule has 3 heterocycles. The number of aromatic nitrogens is 2. The van der Waals surface area contributed by atoms with Gasteiger partial charge in [0, 0.05) is 25.5 Å². The molecular formula is C17H19N3O3. The second kappa shape index (κ2) is 5.94. The fraction of sp³-hybridized carbons (Fsp3) is 0.412. The number of likely N-dealkylation sites (tertiary alicyclic amines) is 1. The summed E-state index contributed by atoms with van der Waals surface area (Å²) in [7, 11) is 0. The van der Waals surface area contributed by atoms with Gasteiger partial charge < -0.3 is 19.0 Å². The van der Waals surface area contributed by atoms with E-state index in [1.165, 1.54) is 0 Å². The molecule has 1 saturated heterocycles. The lowest BCUT2D eigenvalue weighted by Gasteiger charge is -2.15. The molecule has 1 N–H and O–H groups in total. The molecule has 1 amide bonds. The van der Waals surface area contributed by atoms with E-state index >= 15 is 0 Å². The molecule has 0 spiro atoms. The van der Waals surface area contributed by atoms with E-state index in [2.05, 4.69) is 16.8 Å². The van der Waals surface area contributed by atoms with Crippen LogP contribution in [-0.4, -0.2) is 44.2 Å². The van der Waals surface area contributed by atoms with Crippen LogP contribution in [0.1, 0.15) is 42.6 Å². The number of carbonyl (C=O) groups excluding carboxylic acids is 1. The van der Waals surface area contributed by atoms with Gasteiger partial charge in [0.05, 0.1) is 12.4 Å². The van der Waals surface area contributed by atoms with Crippen molar-refractivity contribution in [2.45, 2.75) is 31.9 Å². The zero-order chi connectivity index (χ0) is 16.4. The standard InChI is InChI=1S/C17H19N3O3/c1-17(2,22)7-5-14-3-4-15(23-14)16(21)19-9-6-13(11-19)20-10-8-18-12-20/h3-4,8,10,12-13,22H,6,9,11H2,1-2H3/t13-/m0/s1. The van der Waals surface area contributed by atoms with Gasteiger partial charge in [-0.25, -0.2) is 4.98 Å². The minimum Gasteiger partial charge on any atom is -0.443 e. The first-order valence-electron chi connectivity index (χ1n) is 7.54. The Morgan fingerprint density at radius 2 is 2.30 bits per heavy atom. The first-order valence-corrected chi connectivity index (χ1v) is 7.54. The van der Waals surface area contributed by atoms with Crippen LogP contribution in [0.5, 0.6) is 0 Å². The van der Waals surface area contributed by atoms with Crippen LogP contribution in [-0.2, 0) is 0 Å². The Hall–Kier alpha value is -2.52. The van der Waals surface area contributed by atoms with E-state index in [-0.39, 0.29) is 17.7 Å². The molecule has 0 aromatic carbocycles. The van der Waals surface area contributed by atoms with Crippen molar-refractivity contribution in [3.63, 3.8) is 0 Å². The number of carbonyl (C=O) groups is 1. The van der Waals surface area contributed by atoms with Crippen LogP contribution in [0, 0.1) is 11.8 Å². The van der Waals surface area contributed by atoms with E-state index < -0.39 is 5.60 Å². The van der Waals surface area contributed by atoms with Gasteiger partial charge in [0.2, 0.25) is 0 Å². The number of furan rings is 1. The summed E-state index contributed by atoms with van der Waals surface area (Å²) in [5.41, 5.74) is -1.09. The number of nitrogens with zero attached hydrogens (tertiary/aromatic N) is 3. The molecule has 3 rings (SSSR count). The van der Waals surface area contributed by atoms with Crippen molar-refractivity contribution in [2.75, 3.05) is 13.1 Å². The van der Waals surface area contributed by atoms with Crippen molar-refractivity contribution in [1.29, 1.82) is 0 Å². The molecular weight excluding hydrogens is 294 g/mol. The van der Waals surface area contributed by atoms with Crippen LogP contribution in [0.3, 0.4) is 0 Å². The van der Waals surface area contributed by atoms with E-state index in [1.54, 1.807) is 43.4 Å². The minimum absolute atomic E-state index is 0.135. The Morgan fingerprint density at radius 3 is 3.00 bits per heavy atom. The fourth-order valence-corrected chi connectivity index (χ4v) is 2.55. The van der Waals surface area contributed by atoms with Gasteiger partial charge >= 0.3 is 0 Å². The topological polar surface area (TPSA) is 71.5 Å². The number of imidazole rings is 1. The van der Waals surface area contributed by atoms with Crippen molar-refractivity contribution in [3.05, 3.63) is 42.4 Å². The highest BCUT2D eigenvalue weighted by Gasteiger charge is 2.29. The zero-order valence-corrected chi connectivity index (χ0v) is 13.2. The number of aliphatic hydroxyl groups is 1. The summed E-state index contributed by atoms with van der Waals surface area (Å²) < 4.78 is 7.51. The lowest BCUT2D eigenvalue weighted by Crippen LogP contribution is -2.28. The number of hydrogen-bond donors (Lipinski definition) is 1. The highest BCUT2D eigenvalue weighted by atomic mass is 16.4. The van der Waals surface area contributed by atoms with Gasteiger partial charge in [-0.05, 0) is 38.3 Å². The van der Waals surface area contributed by atoms with Crippen LogP contribution in [0.15, 0.2) is 35.3 Å². The summed E-state index contributed by atoms with van der Waals surface area (Å²) in [4.78, 5) is 18.3. The SMILES string of the molecule is CC(C)(O)C#Cc1ccc(C(=O)N2CC[C@H](n3ccnc3)C2)o1. The van der Waals surface area contributed by atoms with Gasteiger partial charge in [0.15, 0.2) is 11.5 Å². The predicted octanol–water partition coefficient (Wildman–Crippen LogP) is 1.69. The second-order valence-electron chi connectivity index (χ2n) is 6.18. The highest BCUT2D eigenvalue weighted by Crippen LogP contribution is 2.23. The van der Waals surface area contributed by atoms with Crippen LogP contribution >= 0.6 is 0 Å². The van der Waals surface area contributed by atoms with Crippen molar-refractivity contribution >= 4 is 5.91 Å². The molecule has 2 aromatic heterocycles. The van der Waals surface area contributed by atoms with E-state index in [0.29, 0.717) is 18.8 Å². The summed E-state index contributed by atoms with van der Waals surface area (Å²) in [6.45, 7) is 4.51. The van der Waals surface area contributed by atoms with Crippen molar-refractivity contribution in [2.24, 2.45) is 0 Å². The lowest BCUT2D eigenvalue weighted by atomic mass is 10.1. The molecule has 0 unspecified atom stereocenters. The molecule has 23 heavy (non-hydrogen) atoms. The molecule has 0 bridgehead atoms. The molecule has 0 saturated carbocycles. The Morgan fingerprint density at radius 1 is 1.48 bits per heavy atom.